The summed E-state index contributed by atoms with van der Waals surface area (Å²) in [6, 6.07) is 0. The third-order valence-electron chi connectivity index (χ3n) is 4.22. The first-order valence-corrected chi connectivity index (χ1v) is 8.39. The number of amides is 3. The predicted octanol–water partition coefficient (Wildman–Crippen LogP) is -2.47. The van der Waals surface area contributed by atoms with E-state index in [1.165, 1.54) is 0 Å². The van der Waals surface area contributed by atoms with Gasteiger partial charge in [-0.1, -0.05) is 0 Å². The molecule has 138 valence electrons. The number of hydrogen-bond acceptors (Lipinski definition) is 6. The SMILES string of the molecule is NC(=O)CCN1CCN(CCC(N)=O)CCN(CCC(N)=O)CC1. The topological polar surface area (TPSA) is 139 Å². The van der Waals surface area contributed by atoms with Crippen molar-refractivity contribution in [2.24, 2.45) is 17.2 Å². The summed E-state index contributed by atoms with van der Waals surface area (Å²) < 4.78 is 0. The molecule has 0 aromatic carbocycles. The summed E-state index contributed by atoms with van der Waals surface area (Å²) in [5.74, 6) is -0.942. The molecule has 0 radical (unpaired) electrons. The Morgan fingerprint density at radius 2 is 0.750 bits per heavy atom. The third-order valence-corrected chi connectivity index (χ3v) is 4.22. The lowest BCUT2D eigenvalue weighted by Crippen LogP contribution is -2.38. The van der Waals surface area contributed by atoms with E-state index in [0.717, 1.165) is 39.3 Å². The maximum absolute atomic E-state index is 11.0. The van der Waals surface area contributed by atoms with Crippen LogP contribution >= 0.6 is 0 Å². The Balaban J connectivity index is 2.61. The summed E-state index contributed by atoms with van der Waals surface area (Å²) >= 11 is 0. The van der Waals surface area contributed by atoms with E-state index in [2.05, 4.69) is 14.7 Å². The largest absolute Gasteiger partial charge is 0.370 e. The van der Waals surface area contributed by atoms with Gasteiger partial charge in [0.15, 0.2) is 0 Å². The highest BCUT2D eigenvalue weighted by molar-refractivity contribution is 5.74. The number of primary amides is 3. The number of rotatable bonds is 9. The molecular formula is C15H30N6O3. The van der Waals surface area contributed by atoms with E-state index in [4.69, 9.17) is 17.2 Å². The lowest BCUT2D eigenvalue weighted by atomic mass is 10.3. The fraction of sp³-hybridized carbons (Fsp3) is 0.800. The molecule has 6 N–H and O–H groups in total. The lowest BCUT2D eigenvalue weighted by molar-refractivity contribution is -0.119. The summed E-state index contributed by atoms with van der Waals surface area (Å²) in [7, 11) is 0. The van der Waals surface area contributed by atoms with Crippen molar-refractivity contribution in [3.63, 3.8) is 0 Å². The van der Waals surface area contributed by atoms with E-state index >= 15 is 0 Å². The average molecular weight is 342 g/mol. The first-order valence-electron chi connectivity index (χ1n) is 8.39. The summed E-state index contributed by atoms with van der Waals surface area (Å²) in [5.41, 5.74) is 15.7. The third kappa shape index (κ3) is 9.43. The molecule has 0 spiro atoms. The van der Waals surface area contributed by atoms with Crippen LogP contribution in [0.1, 0.15) is 19.3 Å². The minimum absolute atomic E-state index is 0.314. The van der Waals surface area contributed by atoms with E-state index in [0.29, 0.717) is 38.9 Å². The molecule has 0 saturated carbocycles. The van der Waals surface area contributed by atoms with Gasteiger partial charge >= 0.3 is 0 Å². The molecule has 24 heavy (non-hydrogen) atoms. The van der Waals surface area contributed by atoms with Gasteiger partial charge in [-0.3, -0.25) is 14.4 Å². The number of carbonyl (C=O) groups is 3. The van der Waals surface area contributed by atoms with Crippen molar-refractivity contribution in [1.29, 1.82) is 0 Å². The Kier molecular flexibility index (Phi) is 9.28. The van der Waals surface area contributed by atoms with Gasteiger partial charge in [0, 0.05) is 78.2 Å². The van der Waals surface area contributed by atoms with Crippen molar-refractivity contribution < 1.29 is 14.4 Å². The predicted molar refractivity (Wildman–Crippen MR) is 90.8 cm³/mol. The van der Waals surface area contributed by atoms with E-state index in [1.54, 1.807) is 0 Å². The zero-order chi connectivity index (χ0) is 17.9. The van der Waals surface area contributed by atoms with Crippen LogP contribution in [0.5, 0.6) is 0 Å². The summed E-state index contributed by atoms with van der Waals surface area (Å²) in [6.45, 7) is 6.65. The number of nitrogens with two attached hydrogens (primary N) is 3. The van der Waals surface area contributed by atoms with Crippen molar-refractivity contribution >= 4 is 17.7 Å². The normalized spacial score (nSPS) is 18.5. The van der Waals surface area contributed by atoms with Crippen LogP contribution in [0.3, 0.4) is 0 Å². The van der Waals surface area contributed by atoms with E-state index in [1.807, 2.05) is 0 Å². The van der Waals surface area contributed by atoms with Crippen LogP contribution < -0.4 is 17.2 Å². The van der Waals surface area contributed by atoms with Gasteiger partial charge in [0.05, 0.1) is 0 Å². The second-order valence-electron chi connectivity index (χ2n) is 6.17. The van der Waals surface area contributed by atoms with Crippen LogP contribution in [0, 0.1) is 0 Å². The summed E-state index contributed by atoms with van der Waals surface area (Å²) in [6.07, 6.45) is 0.966. The summed E-state index contributed by atoms with van der Waals surface area (Å²) in [5, 5.41) is 0. The quantitative estimate of drug-likeness (QED) is 0.424. The van der Waals surface area contributed by atoms with E-state index in [9.17, 15) is 14.4 Å². The zero-order valence-corrected chi connectivity index (χ0v) is 14.3. The zero-order valence-electron chi connectivity index (χ0n) is 14.3. The highest BCUT2D eigenvalue weighted by atomic mass is 16.1. The van der Waals surface area contributed by atoms with Gasteiger partial charge in [0.25, 0.3) is 0 Å². The molecule has 0 aromatic heterocycles. The molecule has 0 unspecified atom stereocenters. The van der Waals surface area contributed by atoms with Crippen molar-refractivity contribution in [3.8, 4) is 0 Å². The Morgan fingerprint density at radius 3 is 0.917 bits per heavy atom. The van der Waals surface area contributed by atoms with Gasteiger partial charge < -0.3 is 31.9 Å². The van der Waals surface area contributed by atoms with Crippen molar-refractivity contribution in [1.82, 2.24) is 14.7 Å². The number of carbonyl (C=O) groups excluding carboxylic acids is 3. The second-order valence-corrected chi connectivity index (χ2v) is 6.17. The molecule has 1 saturated heterocycles. The molecule has 1 heterocycles. The summed E-state index contributed by atoms with van der Waals surface area (Å²) in [4.78, 5) is 39.6. The van der Waals surface area contributed by atoms with Gasteiger partial charge in [-0.05, 0) is 0 Å². The first-order chi connectivity index (χ1) is 11.4. The second kappa shape index (κ2) is 11.0. The van der Waals surface area contributed by atoms with Gasteiger partial charge in [0.1, 0.15) is 0 Å². The van der Waals surface area contributed by atoms with Gasteiger partial charge in [-0.25, -0.2) is 0 Å². The lowest BCUT2D eigenvalue weighted by Gasteiger charge is -2.25. The highest BCUT2D eigenvalue weighted by Gasteiger charge is 2.17. The molecule has 0 atom stereocenters. The number of hydrogen-bond donors (Lipinski definition) is 3. The van der Waals surface area contributed by atoms with Crippen molar-refractivity contribution in [2.45, 2.75) is 19.3 Å². The minimum Gasteiger partial charge on any atom is -0.370 e. The molecule has 9 nitrogen and oxygen atoms in total. The molecule has 0 bridgehead atoms. The Labute approximate surface area is 143 Å². The highest BCUT2D eigenvalue weighted by Crippen LogP contribution is 2.03. The van der Waals surface area contributed by atoms with Crippen molar-refractivity contribution in [2.75, 3.05) is 58.9 Å². The van der Waals surface area contributed by atoms with Gasteiger partial charge in [-0.2, -0.15) is 0 Å². The van der Waals surface area contributed by atoms with Gasteiger partial charge in [0.2, 0.25) is 17.7 Å². The molecule has 1 rings (SSSR count). The molecule has 9 heteroatoms. The Hall–Kier alpha value is -1.71. The fourth-order valence-electron chi connectivity index (χ4n) is 2.66. The molecule has 0 aliphatic carbocycles. The average Bonchev–Trinajstić information content (AvgIpc) is 2.59. The smallest absolute Gasteiger partial charge is 0.218 e. The van der Waals surface area contributed by atoms with Crippen LogP contribution in [0.15, 0.2) is 0 Å². The van der Waals surface area contributed by atoms with Crippen LogP contribution in [0.2, 0.25) is 0 Å². The maximum atomic E-state index is 11.0. The Morgan fingerprint density at radius 1 is 0.542 bits per heavy atom. The molecule has 1 aliphatic heterocycles. The van der Waals surface area contributed by atoms with Gasteiger partial charge in [-0.15, -0.1) is 0 Å². The van der Waals surface area contributed by atoms with E-state index < -0.39 is 0 Å². The monoisotopic (exact) mass is 342 g/mol. The standard InChI is InChI=1S/C15H30N6O3/c16-13(22)1-4-19-7-9-20(5-2-14(17)23)11-12-21(10-8-19)6-3-15(18)24/h1-12H2,(H2,16,22)(H2,17,23)(H2,18,24). The molecule has 1 aliphatic rings. The molecule has 1 fully saturated rings. The van der Waals surface area contributed by atoms with E-state index in [-0.39, 0.29) is 17.7 Å². The molecule has 0 aromatic rings. The molecule has 3 amide bonds. The minimum atomic E-state index is -0.314. The first kappa shape index (κ1) is 20.3. The van der Waals surface area contributed by atoms with Crippen LogP contribution in [0.25, 0.3) is 0 Å². The fourth-order valence-corrected chi connectivity index (χ4v) is 2.66. The van der Waals surface area contributed by atoms with Crippen LogP contribution in [0.4, 0.5) is 0 Å². The Bertz CT molecular complexity index is 358. The number of nitrogens with zero attached hydrogens (tertiary/aromatic N) is 3. The molecular weight excluding hydrogens is 312 g/mol. The van der Waals surface area contributed by atoms with Crippen LogP contribution in [-0.4, -0.2) is 91.3 Å². The van der Waals surface area contributed by atoms with Crippen LogP contribution in [-0.2, 0) is 14.4 Å². The van der Waals surface area contributed by atoms with Crippen molar-refractivity contribution in [3.05, 3.63) is 0 Å². The maximum Gasteiger partial charge on any atom is 0.218 e.